The van der Waals surface area contributed by atoms with Crippen molar-refractivity contribution in [1.82, 2.24) is 9.80 Å². The summed E-state index contributed by atoms with van der Waals surface area (Å²) in [5.74, 6) is -1.70. The third kappa shape index (κ3) is 3.41. The van der Waals surface area contributed by atoms with Crippen LogP contribution in [0, 0.1) is 0 Å². The van der Waals surface area contributed by atoms with Gasteiger partial charge < -0.3 is 24.4 Å². The molecule has 0 bridgehead atoms. The number of hydrogen-bond acceptors (Lipinski definition) is 7. The molecule has 2 unspecified atom stereocenters. The van der Waals surface area contributed by atoms with E-state index in [9.17, 15) is 19.5 Å². The Bertz CT molecular complexity index is 1350. The van der Waals surface area contributed by atoms with Gasteiger partial charge in [0, 0.05) is 56.5 Å². The van der Waals surface area contributed by atoms with Gasteiger partial charge in [-0.05, 0) is 36.8 Å². The van der Waals surface area contributed by atoms with Crippen LogP contribution in [0.25, 0.3) is 5.76 Å². The summed E-state index contributed by atoms with van der Waals surface area (Å²) in [6.45, 7) is 5.19. The Balaban J connectivity index is 1.52. The largest absolute Gasteiger partial charge is 0.507 e. The monoisotopic (exact) mass is 503 g/mol. The van der Waals surface area contributed by atoms with Crippen molar-refractivity contribution in [2.24, 2.45) is 0 Å². The molecule has 0 aliphatic carbocycles. The average molecular weight is 504 g/mol. The second-order valence-electron chi connectivity index (χ2n) is 10.0. The minimum absolute atomic E-state index is 0.00805. The molecule has 0 radical (unpaired) electrons. The van der Waals surface area contributed by atoms with Gasteiger partial charge in [0.2, 0.25) is 0 Å². The van der Waals surface area contributed by atoms with Gasteiger partial charge >= 0.3 is 0 Å². The molecule has 0 saturated carbocycles. The zero-order chi connectivity index (χ0) is 25.9. The van der Waals surface area contributed by atoms with Crippen LogP contribution in [0.15, 0.2) is 48.0 Å². The van der Waals surface area contributed by atoms with Crippen molar-refractivity contribution in [1.29, 1.82) is 0 Å². The van der Waals surface area contributed by atoms with Crippen LogP contribution in [0.5, 0.6) is 5.75 Å². The number of likely N-dealkylation sites (N-methyl/N-ethyl adjacent to an activating group) is 1. The fourth-order valence-electron chi connectivity index (χ4n) is 6.05. The molecule has 1 spiro atoms. The highest BCUT2D eigenvalue weighted by Gasteiger charge is 2.66. The second kappa shape index (κ2) is 8.71. The van der Waals surface area contributed by atoms with Gasteiger partial charge in [0.25, 0.3) is 17.6 Å². The summed E-state index contributed by atoms with van der Waals surface area (Å²) in [4.78, 5) is 46.3. The highest BCUT2D eigenvalue weighted by atomic mass is 16.5. The first-order valence-electron chi connectivity index (χ1n) is 12.6. The maximum Gasteiger partial charge on any atom is 0.296 e. The number of rotatable bonds is 4. The van der Waals surface area contributed by atoms with Crippen LogP contribution in [0.3, 0.4) is 0 Å². The number of amides is 2. The molecular formula is C28H29N3O6. The van der Waals surface area contributed by atoms with Gasteiger partial charge in [-0.15, -0.1) is 0 Å². The molecule has 2 aromatic carbocycles. The summed E-state index contributed by atoms with van der Waals surface area (Å²) in [6, 6.07) is 12.3. The van der Waals surface area contributed by atoms with Crippen LogP contribution in [0.1, 0.15) is 23.6 Å². The molecule has 1 N–H and O–H groups in total. The van der Waals surface area contributed by atoms with Crippen LogP contribution in [0.2, 0.25) is 0 Å². The summed E-state index contributed by atoms with van der Waals surface area (Å²) < 4.78 is 11.2. The molecule has 192 valence electrons. The normalized spacial score (nSPS) is 26.6. The first-order chi connectivity index (χ1) is 17.8. The molecule has 6 rings (SSSR count). The standard InChI is InChI=1S/C28H29N3O6/c1-17-15-19-16-18(7-8-22(19)37-17)24(32)23-25(33)26(34)31(10-9-30-11-13-36-14-12-30)28(23)20-5-3-4-6-21(20)29(2)27(28)35/h3-8,16-17,32H,9-15H2,1-2H3/b24-23-. The molecule has 9 nitrogen and oxygen atoms in total. The fourth-order valence-corrected chi connectivity index (χ4v) is 6.05. The van der Waals surface area contributed by atoms with E-state index in [1.165, 1.54) is 9.80 Å². The van der Waals surface area contributed by atoms with Crippen LogP contribution in [-0.4, -0.2) is 85.0 Å². The lowest BCUT2D eigenvalue weighted by Crippen LogP contribution is -2.53. The number of hydrogen-bond donors (Lipinski definition) is 1. The second-order valence-corrected chi connectivity index (χ2v) is 10.0. The number of anilines is 1. The summed E-state index contributed by atoms with van der Waals surface area (Å²) in [5.41, 5.74) is 0.479. The van der Waals surface area contributed by atoms with Crippen molar-refractivity contribution in [2.75, 3.05) is 51.3 Å². The zero-order valence-electron chi connectivity index (χ0n) is 20.9. The van der Waals surface area contributed by atoms with Gasteiger partial charge in [-0.2, -0.15) is 0 Å². The van der Waals surface area contributed by atoms with E-state index >= 15 is 0 Å². The van der Waals surface area contributed by atoms with Gasteiger partial charge in [0.15, 0.2) is 5.54 Å². The van der Waals surface area contributed by atoms with E-state index in [0.29, 0.717) is 56.1 Å². The third-order valence-electron chi connectivity index (χ3n) is 7.85. The topological polar surface area (TPSA) is 99.6 Å². The predicted molar refractivity (Wildman–Crippen MR) is 135 cm³/mol. The summed E-state index contributed by atoms with van der Waals surface area (Å²) in [5, 5.41) is 11.6. The Hall–Kier alpha value is -3.69. The number of nitrogens with zero attached hydrogens (tertiary/aromatic N) is 3. The van der Waals surface area contributed by atoms with Crippen LogP contribution >= 0.6 is 0 Å². The van der Waals surface area contributed by atoms with Gasteiger partial charge in [-0.3, -0.25) is 19.3 Å². The van der Waals surface area contributed by atoms with Gasteiger partial charge in [0.05, 0.1) is 18.8 Å². The molecule has 4 heterocycles. The van der Waals surface area contributed by atoms with E-state index in [-0.39, 0.29) is 24.0 Å². The number of aliphatic hydroxyl groups is 1. The van der Waals surface area contributed by atoms with Crippen LogP contribution in [-0.2, 0) is 31.1 Å². The maximum atomic E-state index is 14.1. The molecular weight excluding hydrogens is 474 g/mol. The van der Waals surface area contributed by atoms with Crippen molar-refractivity contribution >= 4 is 29.0 Å². The number of Topliss-reactive ketones (excluding diaryl/α,β-unsaturated/α-hetero) is 1. The van der Waals surface area contributed by atoms with Crippen LogP contribution in [0.4, 0.5) is 5.69 Å². The number of benzene rings is 2. The van der Waals surface area contributed by atoms with Gasteiger partial charge in [-0.1, -0.05) is 18.2 Å². The van der Waals surface area contributed by atoms with E-state index in [4.69, 9.17) is 9.47 Å². The van der Waals surface area contributed by atoms with Crippen molar-refractivity contribution < 1.29 is 29.0 Å². The number of carbonyl (C=O) groups is 3. The summed E-state index contributed by atoms with van der Waals surface area (Å²) >= 11 is 0. The number of aliphatic hydroxyl groups excluding tert-OH is 1. The summed E-state index contributed by atoms with van der Waals surface area (Å²) in [6.07, 6.45) is 0.675. The molecule has 2 aromatic rings. The molecule has 2 saturated heterocycles. The minimum atomic E-state index is -1.74. The first kappa shape index (κ1) is 23.7. The SMILES string of the molecule is CC1Cc2cc(/C(O)=C3\C(=O)C(=O)N(CCN4CCOCC4)C34C(=O)N(C)c3ccccc34)ccc2O1. The Kier molecular flexibility index (Phi) is 5.58. The molecule has 37 heavy (non-hydrogen) atoms. The van der Waals surface area contributed by atoms with Gasteiger partial charge in [0.1, 0.15) is 17.6 Å². The first-order valence-corrected chi connectivity index (χ1v) is 12.6. The quantitative estimate of drug-likeness (QED) is 0.387. The van der Waals surface area contributed by atoms with E-state index in [1.807, 2.05) is 13.0 Å². The van der Waals surface area contributed by atoms with Crippen molar-refractivity contribution in [2.45, 2.75) is 25.0 Å². The zero-order valence-corrected chi connectivity index (χ0v) is 20.9. The number of carbonyl (C=O) groups excluding carboxylic acids is 3. The molecule has 2 amide bonds. The van der Waals surface area contributed by atoms with Gasteiger partial charge in [-0.25, -0.2) is 0 Å². The summed E-state index contributed by atoms with van der Waals surface area (Å²) in [7, 11) is 1.63. The maximum absolute atomic E-state index is 14.1. The Labute approximate surface area is 214 Å². The molecule has 4 aliphatic rings. The van der Waals surface area contributed by atoms with Crippen molar-refractivity contribution in [3.05, 3.63) is 64.7 Å². The lowest BCUT2D eigenvalue weighted by Gasteiger charge is -2.36. The lowest BCUT2D eigenvalue weighted by atomic mass is 9.81. The van der Waals surface area contributed by atoms with E-state index < -0.39 is 23.1 Å². The Morgan fingerprint density at radius 2 is 1.84 bits per heavy atom. The van der Waals surface area contributed by atoms with Crippen molar-refractivity contribution in [3.63, 3.8) is 0 Å². The van der Waals surface area contributed by atoms with E-state index in [1.54, 1.807) is 43.4 Å². The molecule has 2 atom stereocenters. The number of fused-ring (bicyclic) bond motifs is 3. The van der Waals surface area contributed by atoms with E-state index in [2.05, 4.69) is 4.90 Å². The smallest absolute Gasteiger partial charge is 0.296 e. The lowest BCUT2D eigenvalue weighted by molar-refractivity contribution is -0.144. The fraction of sp³-hybridized carbons (Fsp3) is 0.393. The number of ether oxygens (including phenoxy) is 2. The Morgan fingerprint density at radius 1 is 1.08 bits per heavy atom. The highest BCUT2D eigenvalue weighted by Crippen LogP contribution is 2.53. The number of para-hydroxylation sites is 1. The average Bonchev–Trinajstić information content (AvgIpc) is 3.47. The van der Waals surface area contributed by atoms with Crippen molar-refractivity contribution in [3.8, 4) is 5.75 Å². The highest BCUT2D eigenvalue weighted by molar-refractivity contribution is 6.50. The number of morpholine rings is 1. The molecule has 0 aromatic heterocycles. The van der Waals surface area contributed by atoms with E-state index in [0.717, 1.165) is 11.3 Å². The predicted octanol–water partition coefficient (Wildman–Crippen LogP) is 1.89. The third-order valence-corrected chi connectivity index (χ3v) is 7.85. The minimum Gasteiger partial charge on any atom is -0.507 e. The number of ketones is 1. The molecule has 4 aliphatic heterocycles. The molecule has 9 heteroatoms. The Morgan fingerprint density at radius 3 is 2.62 bits per heavy atom. The molecule has 2 fully saturated rings. The van der Waals surface area contributed by atoms with Crippen LogP contribution < -0.4 is 9.64 Å². The number of likely N-dealkylation sites (tertiary alicyclic amines) is 1.